The van der Waals surface area contributed by atoms with Crippen molar-refractivity contribution < 1.29 is 12.3 Å². The molecule has 2 heterocycles. The minimum absolute atomic E-state index is 0.0555. The van der Waals surface area contributed by atoms with Gasteiger partial charge in [0.05, 0.1) is 15.8 Å². The molecule has 4 rings (SSSR count). The van der Waals surface area contributed by atoms with Gasteiger partial charge in [0.15, 0.2) is 5.60 Å². The van der Waals surface area contributed by atoms with Crippen molar-refractivity contribution in [2.24, 2.45) is 0 Å². The Hall–Kier alpha value is -1.55. The molecule has 1 saturated heterocycles. The van der Waals surface area contributed by atoms with Crippen molar-refractivity contribution in [1.82, 2.24) is 0 Å². The molecule has 1 fully saturated rings. The summed E-state index contributed by atoms with van der Waals surface area (Å²) in [6.45, 7) is 3.23. The van der Waals surface area contributed by atoms with Crippen molar-refractivity contribution in [2.75, 3.05) is 25.8 Å². The first-order valence-electron chi connectivity index (χ1n) is 9.85. The predicted molar refractivity (Wildman–Crippen MR) is 105 cm³/mol. The molecule has 0 amide bonds. The maximum atomic E-state index is 12.0. The van der Waals surface area contributed by atoms with E-state index in [9.17, 15) is 5.11 Å². The summed E-state index contributed by atoms with van der Waals surface area (Å²) in [7, 11) is 0. The van der Waals surface area contributed by atoms with E-state index < -0.39 is 12.1 Å². The summed E-state index contributed by atoms with van der Waals surface area (Å²) >= 11 is 1.67. The Morgan fingerprint density at radius 2 is 2.08 bits per heavy atom. The van der Waals surface area contributed by atoms with Gasteiger partial charge in [-0.25, -0.2) is 0 Å². The summed E-state index contributed by atoms with van der Waals surface area (Å²) in [5.41, 5.74) is 1.60. The van der Waals surface area contributed by atoms with Gasteiger partial charge in [0, 0.05) is 28.9 Å². The third-order valence-corrected chi connectivity index (χ3v) is 6.57. The van der Waals surface area contributed by atoms with Gasteiger partial charge < -0.3 is 9.59 Å². The summed E-state index contributed by atoms with van der Waals surface area (Å²) in [4.78, 5) is 1.15. The Balaban J connectivity index is 1.94. The van der Waals surface area contributed by atoms with E-state index in [0.29, 0.717) is 13.1 Å². The van der Waals surface area contributed by atoms with Gasteiger partial charge in [0.1, 0.15) is 12.6 Å². The van der Waals surface area contributed by atoms with Crippen LogP contribution in [0.5, 0.6) is 0 Å². The Labute approximate surface area is 157 Å². The first-order valence-corrected chi connectivity index (χ1v) is 10.1. The second kappa shape index (κ2) is 6.31. The average Bonchev–Trinajstić information content (AvgIpc) is 3.14. The van der Waals surface area contributed by atoms with Crippen LogP contribution in [0.25, 0.3) is 0 Å². The van der Waals surface area contributed by atoms with Crippen LogP contribution in [0.1, 0.15) is 38.3 Å². The molecule has 2 nitrogen and oxygen atoms in total. The van der Waals surface area contributed by atoms with Crippen LogP contribution >= 0.6 is 11.8 Å². The fourth-order valence-corrected chi connectivity index (χ4v) is 5.14. The molecular formula is C22H26NOS+. The molecule has 0 aliphatic carbocycles. The Morgan fingerprint density at radius 1 is 1.32 bits per heavy atom. The lowest BCUT2D eigenvalue weighted by Gasteiger charge is -2.50. The van der Waals surface area contributed by atoms with Gasteiger partial charge in [0.25, 0.3) is 0 Å². The van der Waals surface area contributed by atoms with E-state index in [1.54, 1.807) is 11.8 Å². The number of thioether (sulfide) groups is 1. The summed E-state index contributed by atoms with van der Waals surface area (Å²) in [6, 6.07) is 16.1. The number of benzene rings is 2. The number of fused-ring (bicyclic) bond motifs is 3. The van der Waals surface area contributed by atoms with Gasteiger partial charge in [-0.3, -0.25) is 0 Å². The van der Waals surface area contributed by atoms with Crippen molar-refractivity contribution in [1.29, 1.82) is 0 Å². The second-order valence-corrected chi connectivity index (χ2v) is 7.96. The van der Waals surface area contributed by atoms with E-state index in [1.807, 2.05) is 48.7 Å². The van der Waals surface area contributed by atoms with Gasteiger partial charge in [-0.1, -0.05) is 43.0 Å². The molecule has 3 heteroatoms. The second-order valence-electron chi connectivity index (χ2n) is 7.08. The molecular weight excluding hydrogens is 326 g/mol. The monoisotopic (exact) mass is 354 g/mol. The van der Waals surface area contributed by atoms with Crippen LogP contribution in [-0.2, 0) is 5.60 Å². The van der Waals surface area contributed by atoms with E-state index in [2.05, 4.69) is 12.6 Å². The molecule has 2 aliphatic rings. The van der Waals surface area contributed by atoms with E-state index in [-0.39, 0.29) is 10.5 Å². The molecule has 2 aromatic carbocycles. The molecule has 0 aromatic heterocycles. The van der Waals surface area contributed by atoms with Gasteiger partial charge in [-0.2, -0.15) is 0 Å². The SMILES string of the molecule is [2H]C([2H])(C=C)[N@@+]12CCC[C@@H]1c1ccccc1[C@@](O)(c1ccc(SC)cc1)C2. The zero-order chi connectivity index (χ0) is 19.3. The van der Waals surface area contributed by atoms with Crippen LogP contribution in [0.3, 0.4) is 0 Å². The zero-order valence-corrected chi connectivity index (χ0v) is 15.4. The van der Waals surface area contributed by atoms with Crippen molar-refractivity contribution >= 4 is 11.8 Å². The highest BCUT2D eigenvalue weighted by atomic mass is 32.2. The fraction of sp³-hybridized carbons (Fsp3) is 0.364. The molecule has 0 saturated carbocycles. The van der Waals surface area contributed by atoms with Gasteiger partial charge in [-0.15, -0.1) is 11.8 Å². The summed E-state index contributed by atoms with van der Waals surface area (Å²) in [5, 5.41) is 12.0. The lowest BCUT2D eigenvalue weighted by molar-refractivity contribution is -0.948. The third kappa shape index (κ3) is 2.57. The van der Waals surface area contributed by atoms with Crippen LogP contribution in [0, 0.1) is 0 Å². The Bertz CT molecular complexity index is 869. The van der Waals surface area contributed by atoms with Crippen LogP contribution in [0.15, 0.2) is 66.1 Å². The number of hydrogen-bond donors (Lipinski definition) is 1. The third-order valence-electron chi connectivity index (χ3n) is 5.82. The van der Waals surface area contributed by atoms with E-state index in [4.69, 9.17) is 2.74 Å². The highest BCUT2D eigenvalue weighted by molar-refractivity contribution is 7.98. The average molecular weight is 355 g/mol. The van der Waals surface area contributed by atoms with E-state index in [0.717, 1.165) is 34.4 Å². The number of aliphatic hydroxyl groups is 1. The minimum atomic E-state index is -1.60. The zero-order valence-electron chi connectivity index (χ0n) is 16.6. The molecule has 2 aromatic rings. The maximum Gasteiger partial charge on any atom is 0.164 e. The topological polar surface area (TPSA) is 20.2 Å². The molecule has 0 spiro atoms. The number of quaternary nitrogens is 1. The Morgan fingerprint density at radius 3 is 2.80 bits per heavy atom. The largest absolute Gasteiger partial charge is 0.375 e. The van der Waals surface area contributed by atoms with Crippen LogP contribution < -0.4 is 0 Å². The lowest BCUT2D eigenvalue weighted by Crippen LogP contribution is -2.59. The van der Waals surface area contributed by atoms with E-state index in [1.165, 1.54) is 6.08 Å². The summed E-state index contributed by atoms with van der Waals surface area (Å²) < 4.78 is 17.7. The molecule has 2 aliphatic heterocycles. The van der Waals surface area contributed by atoms with Crippen molar-refractivity contribution in [3.05, 3.63) is 77.9 Å². The normalized spacial score (nSPS) is 32.3. The number of hydrogen-bond acceptors (Lipinski definition) is 2. The minimum Gasteiger partial charge on any atom is -0.375 e. The van der Waals surface area contributed by atoms with Crippen LogP contribution in [-0.4, -0.2) is 35.4 Å². The molecule has 0 bridgehead atoms. The molecule has 0 unspecified atom stereocenters. The highest BCUT2D eigenvalue weighted by Crippen LogP contribution is 2.51. The lowest BCUT2D eigenvalue weighted by atomic mass is 9.76. The smallest absolute Gasteiger partial charge is 0.164 e. The molecule has 0 radical (unpaired) electrons. The first-order chi connectivity index (χ1) is 12.9. The fourth-order valence-electron chi connectivity index (χ4n) is 4.73. The number of rotatable bonds is 4. The summed E-state index contributed by atoms with van der Waals surface area (Å²) in [6.07, 6.45) is 5.35. The van der Waals surface area contributed by atoms with Crippen LogP contribution in [0.2, 0.25) is 0 Å². The molecule has 130 valence electrons. The molecule has 1 N–H and O–H groups in total. The summed E-state index contributed by atoms with van der Waals surface area (Å²) in [5.74, 6) is 0. The quantitative estimate of drug-likeness (QED) is 0.496. The van der Waals surface area contributed by atoms with Crippen molar-refractivity contribution in [2.45, 2.75) is 29.4 Å². The van der Waals surface area contributed by atoms with E-state index >= 15 is 0 Å². The maximum absolute atomic E-state index is 12.0. The standard InChI is InChI=1S/C22H26NOS/c1-3-14-23-15-6-9-21(23)19-7-4-5-8-20(19)22(24,16-23)17-10-12-18(25-2)13-11-17/h3-5,7-8,10-13,21,24H,1,6,9,14-16H2,2H3/q+1/t21-,22+,23+/m1/s1/i14D2. The predicted octanol–water partition coefficient (Wildman–Crippen LogP) is 4.50. The number of nitrogens with zero attached hydrogens (tertiary/aromatic N) is 1. The van der Waals surface area contributed by atoms with Gasteiger partial charge in [0.2, 0.25) is 0 Å². The highest BCUT2D eigenvalue weighted by Gasteiger charge is 2.54. The first kappa shape index (κ1) is 14.6. The molecule has 3 atom stereocenters. The molecule has 25 heavy (non-hydrogen) atoms. The van der Waals surface area contributed by atoms with Gasteiger partial charge in [-0.05, 0) is 30.0 Å². The van der Waals surface area contributed by atoms with Crippen molar-refractivity contribution in [3.63, 3.8) is 0 Å². The van der Waals surface area contributed by atoms with Crippen molar-refractivity contribution in [3.8, 4) is 0 Å². The van der Waals surface area contributed by atoms with Crippen LogP contribution in [0.4, 0.5) is 0 Å². The Kier molecular flexibility index (Phi) is 3.69. The van der Waals surface area contributed by atoms with Gasteiger partial charge >= 0.3 is 0 Å².